The van der Waals surface area contributed by atoms with Crippen LogP contribution < -0.4 is 16.0 Å². The van der Waals surface area contributed by atoms with Gasteiger partial charge in [0.1, 0.15) is 11.9 Å². The molecule has 1 aliphatic rings. The summed E-state index contributed by atoms with van der Waals surface area (Å²) in [7, 11) is 0. The Balaban J connectivity index is 1.46. The van der Waals surface area contributed by atoms with Crippen LogP contribution in [0.25, 0.3) is 0 Å². The van der Waals surface area contributed by atoms with Crippen LogP contribution in [0.2, 0.25) is 0 Å². The van der Waals surface area contributed by atoms with Gasteiger partial charge in [-0.1, -0.05) is 42.5 Å². The van der Waals surface area contributed by atoms with E-state index in [0.29, 0.717) is 19.1 Å². The summed E-state index contributed by atoms with van der Waals surface area (Å²) in [5.74, 6) is -0.497. The van der Waals surface area contributed by atoms with Crippen molar-refractivity contribution in [1.29, 1.82) is 0 Å². The van der Waals surface area contributed by atoms with E-state index in [0.717, 1.165) is 24.0 Å². The van der Waals surface area contributed by atoms with E-state index in [1.807, 2.05) is 30.3 Å². The van der Waals surface area contributed by atoms with E-state index in [1.54, 1.807) is 12.1 Å². The van der Waals surface area contributed by atoms with Gasteiger partial charge in [0, 0.05) is 19.1 Å². The molecule has 2 aromatic carbocycles. The van der Waals surface area contributed by atoms with Crippen LogP contribution in [0, 0.1) is 5.82 Å². The minimum atomic E-state index is -0.444. The number of hydrogen-bond donors (Lipinski definition) is 3. The number of rotatable bonds is 9. The van der Waals surface area contributed by atoms with Crippen LogP contribution in [0.1, 0.15) is 30.0 Å². The molecule has 0 unspecified atom stereocenters. The summed E-state index contributed by atoms with van der Waals surface area (Å²) in [6.45, 7) is 0.868. The van der Waals surface area contributed by atoms with Gasteiger partial charge in [-0.3, -0.25) is 9.59 Å². The quantitative estimate of drug-likeness (QED) is 0.593. The van der Waals surface area contributed by atoms with Crippen molar-refractivity contribution in [2.45, 2.75) is 31.3 Å². The summed E-state index contributed by atoms with van der Waals surface area (Å²) in [6.07, 6.45) is 2.27. The Morgan fingerprint density at radius 2 is 1.70 bits per heavy atom. The van der Waals surface area contributed by atoms with Crippen molar-refractivity contribution >= 4 is 11.8 Å². The Labute approximate surface area is 158 Å². The van der Waals surface area contributed by atoms with E-state index in [1.165, 1.54) is 12.1 Å². The second kappa shape index (κ2) is 9.28. The Hall–Kier alpha value is -2.73. The number of hydrogen-bond acceptors (Lipinski definition) is 3. The van der Waals surface area contributed by atoms with Crippen molar-refractivity contribution in [3.8, 4) is 0 Å². The molecule has 0 radical (unpaired) electrons. The highest BCUT2D eigenvalue weighted by Gasteiger charge is 2.28. The molecule has 3 rings (SSSR count). The van der Waals surface area contributed by atoms with E-state index >= 15 is 0 Å². The number of amides is 2. The molecular weight excluding hydrogens is 345 g/mol. The highest BCUT2D eigenvalue weighted by atomic mass is 19.1. The van der Waals surface area contributed by atoms with Crippen LogP contribution in [0.4, 0.5) is 4.39 Å². The lowest BCUT2D eigenvalue weighted by molar-refractivity contribution is -0.123. The van der Waals surface area contributed by atoms with Crippen LogP contribution in [-0.2, 0) is 16.0 Å². The summed E-state index contributed by atoms with van der Waals surface area (Å²) in [6, 6.07) is 15.3. The van der Waals surface area contributed by atoms with E-state index in [9.17, 15) is 14.0 Å². The van der Waals surface area contributed by atoms with Crippen molar-refractivity contribution in [1.82, 2.24) is 16.0 Å². The summed E-state index contributed by atoms with van der Waals surface area (Å²) < 4.78 is 12.9. The first-order chi connectivity index (χ1) is 13.1. The molecule has 1 fully saturated rings. The molecule has 0 aliphatic heterocycles. The topological polar surface area (TPSA) is 70.2 Å². The fourth-order valence-corrected chi connectivity index (χ4v) is 2.79. The zero-order valence-electron chi connectivity index (χ0n) is 15.1. The molecule has 1 saturated carbocycles. The van der Waals surface area contributed by atoms with Crippen molar-refractivity contribution in [3.63, 3.8) is 0 Å². The third kappa shape index (κ3) is 6.18. The highest BCUT2D eigenvalue weighted by molar-refractivity contribution is 5.83. The monoisotopic (exact) mass is 369 g/mol. The predicted molar refractivity (Wildman–Crippen MR) is 101 cm³/mol. The molecule has 2 amide bonds. The maximum absolute atomic E-state index is 12.9. The summed E-state index contributed by atoms with van der Waals surface area (Å²) >= 11 is 0. The molecule has 0 saturated heterocycles. The summed E-state index contributed by atoms with van der Waals surface area (Å²) in [5.41, 5.74) is 1.65. The van der Waals surface area contributed by atoms with Crippen molar-refractivity contribution < 1.29 is 14.0 Å². The van der Waals surface area contributed by atoms with Gasteiger partial charge >= 0.3 is 0 Å². The van der Waals surface area contributed by atoms with Gasteiger partial charge < -0.3 is 16.0 Å². The smallest absolute Gasteiger partial charge is 0.241 e. The minimum absolute atomic E-state index is 0.0404. The minimum Gasteiger partial charge on any atom is -0.355 e. The van der Waals surface area contributed by atoms with Gasteiger partial charge in [0.05, 0.1) is 6.42 Å². The van der Waals surface area contributed by atoms with Gasteiger partial charge in [0.15, 0.2) is 0 Å². The first-order valence-corrected chi connectivity index (χ1v) is 9.21. The van der Waals surface area contributed by atoms with Crippen molar-refractivity contribution in [2.24, 2.45) is 0 Å². The van der Waals surface area contributed by atoms with Crippen LogP contribution in [0.5, 0.6) is 0 Å². The fraction of sp³-hybridized carbons (Fsp3) is 0.333. The number of halogens is 1. The van der Waals surface area contributed by atoms with Gasteiger partial charge in [-0.25, -0.2) is 4.39 Å². The molecule has 0 bridgehead atoms. The van der Waals surface area contributed by atoms with Gasteiger partial charge in [-0.2, -0.15) is 0 Å². The largest absolute Gasteiger partial charge is 0.355 e. The number of carbonyl (C=O) groups is 2. The van der Waals surface area contributed by atoms with E-state index in [4.69, 9.17) is 0 Å². The molecule has 0 aromatic heterocycles. The highest BCUT2D eigenvalue weighted by Crippen LogP contribution is 2.21. The molecular formula is C21H24FN3O2. The van der Waals surface area contributed by atoms with Gasteiger partial charge in [0.25, 0.3) is 0 Å². The Bertz CT molecular complexity index is 761. The normalized spacial score (nSPS) is 14.4. The molecule has 3 N–H and O–H groups in total. The van der Waals surface area contributed by atoms with Crippen LogP contribution >= 0.6 is 0 Å². The van der Waals surface area contributed by atoms with Gasteiger partial charge in [0.2, 0.25) is 11.8 Å². The first kappa shape index (κ1) is 19.0. The van der Waals surface area contributed by atoms with Crippen molar-refractivity contribution in [3.05, 3.63) is 71.5 Å². The lowest BCUT2D eigenvalue weighted by Gasteiger charge is -2.19. The van der Waals surface area contributed by atoms with E-state index in [-0.39, 0.29) is 24.1 Å². The molecule has 0 spiro atoms. The predicted octanol–water partition coefficient (Wildman–Crippen LogP) is 2.09. The summed E-state index contributed by atoms with van der Waals surface area (Å²) in [4.78, 5) is 24.5. The molecule has 0 heterocycles. The average Bonchev–Trinajstić information content (AvgIpc) is 3.48. The lowest BCUT2D eigenvalue weighted by Crippen LogP contribution is -2.41. The van der Waals surface area contributed by atoms with Crippen LogP contribution in [0.3, 0.4) is 0 Å². The Kier molecular flexibility index (Phi) is 6.54. The summed E-state index contributed by atoms with van der Waals surface area (Å²) in [5, 5.41) is 9.06. The molecule has 5 nitrogen and oxygen atoms in total. The second-order valence-corrected chi connectivity index (χ2v) is 6.73. The molecule has 1 atom stereocenters. The third-order valence-electron chi connectivity index (χ3n) is 4.39. The third-order valence-corrected chi connectivity index (χ3v) is 4.39. The van der Waals surface area contributed by atoms with E-state index < -0.39 is 6.04 Å². The van der Waals surface area contributed by atoms with Gasteiger partial charge in [-0.05, 0) is 36.1 Å². The lowest BCUT2D eigenvalue weighted by atomic mass is 10.1. The van der Waals surface area contributed by atoms with E-state index in [2.05, 4.69) is 16.0 Å². The number of nitrogens with one attached hydrogen (secondary N) is 3. The molecule has 142 valence electrons. The maximum Gasteiger partial charge on any atom is 0.241 e. The first-order valence-electron chi connectivity index (χ1n) is 9.21. The SMILES string of the molecule is O=C(Cc1ccc(F)cc1)NCCN[C@H](C(=O)NC1CC1)c1ccccc1. The second-order valence-electron chi connectivity index (χ2n) is 6.73. The zero-order chi connectivity index (χ0) is 19.1. The Morgan fingerprint density at radius 1 is 1.00 bits per heavy atom. The van der Waals surface area contributed by atoms with Gasteiger partial charge in [-0.15, -0.1) is 0 Å². The standard InChI is InChI=1S/C21H24FN3O2/c22-17-8-6-15(7-9-17)14-19(26)23-12-13-24-20(16-4-2-1-3-5-16)21(27)25-18-10-11-18/h1-9,18,20,24H,10-14H2,(H,23,26)(H,25,27)/t20-/m0/s1. The van der Waals surface area contributed by atoms with Crippen LogP contribution in [0.15, 0.2) is 54.6 Å². The molecule has 27 heavy (non-hydrogen) atoms. The van der Waals surface area contributed by atoms with Crippen LogP contribution in [-0.4, -0.2) is 30.9 Å². The van der Waals surface area contributed by atoms with Crippen molar-refractivity contribution in [2.75, 3.05) is 13.1 Å². The molecule has 1 aliphatic carbocycles. The number of carbonyl (C=O) groups excluding carboxylic acids is 2. The average molecular weight is 369 g/mol. The molecule has 6 heteroatoms. The maximum atomic E-state index is 12.9. The number of benzene rings is 2. The molecule has 2 aromatic rings. The Morgan fingerprint density at radius 3 is 2.37 bits per heavy atom. The fourth-order valence-electron chi connectivity index (χ4n) is 2.79. The zero-order valence-corrected chi connectivity index (χ0v) is 15.1.